The van der Waals surface area contributed by atoms with Crippen molar-refractivity contribution in [2.45, 2.75) is 70.6 Å². The third-order valence-electron chi connectivity index (χ3n) is 3.80. The molecule has 0 unspecified atom stereocenters. The molecule has 0 radical (unpaired) electrons. The summed E-state index contributed by atoms with van der Waals surface area (Å²) < 4.78 is 5.06. The molecule has 0 amide bonds. The van der Waals surface area contributed by atoms with Gasteiger partial charge in [-0.2, -0.15) is 0 Å². The number of hydrogen-bond acceptors (Lipinski definition) is 3. The van der Waals surface area contributed by atoms with Crippen molar-refractivity contribution in [3.05, 3.63) is 12.2 Å². The first kappa shape index (κ1) is 19.9. The van der Waals surface area contributed by atoms with Crippen molar-refractivity contribution in [1.29, 1.82) is 0 Å². The van der Waals surface area contributed by atoms with Crippen LogP contribution in [-0.2, 0) is 14.3 Å². The van der Waals surface area contributed by atoms with E-state index in [4.69, 9.17) is 9.84 Å². The van der Waals surface area contributed by atoms with Crippen molar-refractivity contribution >= 4 is 20.0 Å². The van der Waals surface area contributed by atoms with Crippen LogP contribution in [0.2, 0.25) is 24.2 Å². The maximum absolute atomic E-state index is 11.3. The highest BCUT2D eigenvalue weighted by atomic mass is 28.3. The normalized spacial score (nSPS) is 11.8. The van der Waals surface area contributed by atoms with Gasteiger partial charge in [-0.05, 0) is 6.42 Å². The van der Waals surface area contributed by atoms with Gasteiger partial charge < -0.3 is 9.84 Å². The summed E-state index contributed by atoms with van der Waals surface area (Å²) in [6.07, 6.45) is 6.41. The van der Waals surface area contributed by atoms with E-state index in [0.29, 0.717) is 6.61 Å². The predicted octanol–water partition coefficient (Wildman–Crippen LogP) is 4.24. The highest BCUT2D eigenvalue weighted by Crippen LogP contribution is 2.31. The number of aliphatic carboxylic acids is 1. The lowest BCUT2D eigenvalue weighted by atomic mass is 10.5. The lowest BCUT2D eigenvalue weighted by molar-refractivity contribution is -0.138. The number of rotatable bonds is 12. The van der Waals surface area contributed by atoms with E-state index in [1.165, 1.54) is 43.4 Å². The average Bonchev–Trinajstić information content (AvgIpc) is 2.42. The van der Waals surface area contributed by atoms with E-state index >= 15 is 0 Å². The fourth-order valence-electron chi connectivity index (χ4n) is 3.15. The summed E-state index contributed by atoms with van der Waals surface area (Å²) >= 11 is 0. The van der Waals surface area contributed by atoms with Crippen molar-refractivity contribution in [3.8, 4) is 0 Å². The van der Waals surface area contributed by atoms with Crippen LogP contribution in [0.1, 0.15) is 46.5 Å². The monoisotopic (exact) mass is 314 g/mol. The molecule has 0 aliphatic heterocycles. The van der Waals surface area contributed by atoms with Crippen LogP contribution >= 0.6 is 0 Å². The molecule has 0 heterocycles. The summed E-state index contributed by atoms with van der Waals surface area (Å²) in [7, 11) is -1.21. The molecule has 21 heavy (non-hydrogen) atoms. The van der Waals surface area contributed by atoms with Gasteiger partial charge in [0.05, 0.1) is 14.7 Å². The molecule has 0 fully saturated rings. The molecule has 0 bridgehead atoms. The molecule has 0 aliphatic carbocycles. The number of carboxylic acid groups (broad SMARTS) is 1. The number of ether oxygens (including phenoxy) is 1. The second kappa shape index (κ2) is 11.5. The zero-order valence-corrected chi connectivity index (χ0v) is 14.7. The van der Waals surface area contributed by atoms with E-state index in [1.54, 1.807) is 0 Å². The summed E-state index contributed by atoms with van der Waals surface area (Å²) in [6.45, 7) is 7.16. The van der Waals surface area contributed by atoms with Crippen LogP contribution in [0.3, 0.4) is 0 Å². The second-order valence-electron chi connectivity index (χ2n) is 5.69. The first-order valence-corrected chi connectivity index (χ1v) is 10.9. The molecule has 0 saturated heterocycles. The number of carbonyl (C=O) groups is 2. The van der Waals surface area contributed by atoms with Gasteiger partial charge in [-0.25, -0.2) is 9.59 Å². The summed E-state index contributed by atoms with van der Waals surface area (Å²) in [5, 5.41) is 8.43. The van der Waals surface area contributed by atoms with E-state index in [0.717, 1.165) is 18.6 Å². The largest absolute Gasteiger partial charge is 0.478 e. The first-order chi connectivity index (χ1) is 9.99. The minimum atomic E-state index is -1.21. The van der Waals surface area contributed by atoms with Crippen molar-refractivity contribution < 1.29 is 19.4 Å². The number of carbonyl (C=O) groups excluding carboxylic acids is 1. The Morgan fingerprint density at radius 2 is 1.48 bits per heavy atom. The van der Waals surface area contributed by atoms with Gasteiger partial charge in [0.25, 0.3) is 0 Å². The summed E-state index contributed by atoms with van der Waals surface area (Å²) in [6, 6.07) is 5.29. The maximum atomic E-state index is 11.3. The average molecular weight is 314 g/mol. The van der Waals surface area contributed by atoms with Crippen LogP contribution in [-0.4, -0.2) is 31.7 Å². The van der Waals surface area contributed by atoms with Gasteiger partial charge >= 0.3 is 11.9 Å². The first-order valence-electron chi connectivity index (χ1n) is 8.07. The van der Waals surface area contributed by atoms with Crippen molar-refractivity contribution in [1.82, 2.24) is 0 Å². The van der Waals surface area contributed by atoms with E-state index in [9.17, 15) is 9.59 Å². The standard InChI is InChI=1S/C16H30O4Si/c1-4-11-21(12-5-2,13-6-3)14-7-10-20-16(19)9-8-15(17)18/h8-9H,4-7,10-14H2,1-3H3,(H,17,18)/b9-8+. The molecule has 0 aromatic carbocycles. The second-order valence-corrected chi connectivity index (χ2v) is 10.7. The topological polar surface area (TPSA) is 63.6 Å². The molecule has 0 aromatic rings. The Morgan fingerprint density at radius 1 is 0.952 bits per heavy atom. The third kappa shape index (κ3) is 9.45. The molecular formula is C16H30O4Si. The smallest absolute Gasteiger partial charge is 0.331 e. The van der Waals surface area contributed by atoms with E-state index in [1.807, 2.05) is 0 Å². The third-order valence-corrected chi connectivity index (χ3v) is 9.89. The molecular weight excluding hydrogens is 284 g/mol. The molecule has 0 aliphatic rings. The number of hydrogen-bond donors (Lipinski definition) is 1. The fourth-order valence-corrected chi connectivity index (χ4v) is 8.72. The molecule has 0 rings (SSSR count). The Hall–Kier alpha value is -1.10. The van der Waals surface area contributed by atoms with E-state index < -0.39 is 20.0 Å². The quantitative estimate of drug-likeness (QED) is 0.253. The minimum Gasteiger partial charge on any atom is -0.478 e. The van der Waals surface area contributed by atoms with E-state index in [-0.39, 0.29) is 0 Å². The Labute approximate surface area is 129 Å². The van der Waals surface area contributed by atoms with Crippen molar-refractivity contribution in [2.24, 2.45) is 0 Å². The Morgan fingerprint density at radius 3 is 1.90 bits per heavy atom. The van der Waals surface area contributed by atoms with Crippen LogP contribution in [0.25, 0.3) is 0 Å². The number of carboxylic acids is 1. The van der Waals surface area contributed by atoms with Crippen LogP contribution in [0.4, 0.5) is 0 Å². The van der Waals surface area contributed by atoms with E-state index in [2.05, 4.69) is 20.8 Å². The Bertz CT molecular complexity index is 322. The van der Waals surface area contributed by atoms with Gasteiger partial charge in [0, 0.05) is 12.2 Å². The van der Waals surface area contributed by atoms with Crippen LogP contribution in [0.15, 0.2) is 12.2 Å². The van der Waals surface area contributed by atoms with Crippen molar-refractivity contribution in [2.75, 3.05) is 6.61 Å². The lowest BCUT2D eigenvalue weighted by Gasteiger charge is -2.31. The molecule has 5 heteroatoms. The summed E-state index contributed by atoms with van der Waals surface area (Å²) in [5.41, 5.74) is 0. The van der Waals surface area contributed by atoms with Gasteiger partial charge in [0.1, 0.15) is 0 Å². The number of esters is 1. The molecule has 0 saturated carbocycles. The predicted molar refractivity (Wildman–Crippen MR) is 88.2 cm³/mol. The Balaban J connectivity index is 4.23. The summed E-state index contributed by atoms with van der Waals surface area (Å²) in [4.78, 5) is 21.6. The highest BCUT2D eigenvalue weighted by Gasteiger charge is 2.29. The lowest BCUT2D eigenvalue weighted by Crippen LogP contribution is -2.33. The molecule has 0 spiro atoms. The van der Waals surface area contributed by atoms with Crippen LogP contribution < -0.4 is 0 Å². The zero-order chi connectivity index (χ0) is 16.1. The SMILES string of the molecule is CCC[Si](CCC)(CCC)CCCOC(=O)/C=C/C(=O)O. The molecule has 0 aromatic heterocycles. The fraction of sp³-hybridized carbons (Fsp3) is 0.750. The van der Waals surface area contributed by atoms with Crippen LogP contribution in [0.5, 0.6) is 0 Å². The Kier molecular flexibility index (Phi) is 10.9. The van der Waals surface area contributed by atoms with Gasteiger partial charge in [-0.15, -0.1) is 0 Å². The van der Waals surface area contributed by atoms with Gasteiger partial charge in [-0.1, -0.05) is 64.2 Å². The molecule has 1 N–H and O–H groups in total. The van der Waals surface area contributed by atoms with Gasteiger partial charge in [0.15, 0.2) is 0 Å². The maximum Gasteiger partial charge on any atom is 0.331 e. The minimum absolute atomic E-state index is 0.398. The highest BCUT2D eigenvalue weighted by molar-refractivity contribution is 6.79. The molecule has 0 atom stereocenters. The molecule has 4 nitrogen and oxygen atoms in total. The summed E-state index contributed by atoms with van der Waals surface area (Å²) in [5.74, 6) is -1.70. The van der Waals surface area contributed by atoms with Gasteiger partial charge in [-0.3, -0.25) is 0 Å². The van der Waals surface area contributed by atoms with Crippen LogP contribution in [0, 0.1) is 0 Å². The molecule has 122 valence electrons. The van der Waals surface area contributed by atoms with Crippen molar-refractivity contribution in [3.63, 3.8) is 0 Å². The zero-order valence-electron chi connectivity index (χ0n) is 13.7. The van der Waals surface area contributed by atoms with Gasteiger partial charge in [0.2, 0.25) is 0 Å².